The maximum absolute atomic E-state index is 12.1. The highest BCUT2D eigenvalue weighted by atomic mass is 35.5. The van der Waals surface area contributed by atoms with Gasteiger partial charge in [0.25, 0.3) is 0 Å². The first kappa shape index (κ1) is 17.1. The summed E-state index contributed by atoms with van der Waals surface area (Å²) >= 11 is 0. The summed E-state index contributed by atoms with van der Waals surface area (Å²) in [5.74, 6) is 0.154. The monoisotopic (exact) mass is 313 g/mol. The summed E-state index contributed by atoms with van der Waals surface area (Å²) < 4.78 is 5.06. The summed E-state index contributed by atoms with van der Waals surface area (Å²) in [6, 6.07) is 5.07. The molecule has 1 unspecified atom stereocenters. The van der Waals surface area contributed by atoms with Gasteiger partial charge in [0.1, 0.15) is 5.75 Å². The van der Waals surface area contributed by atoms with Crippen molar-refractivity contribution in [1.82, 2.24) is 4.90 Å². The fourth-order valence-corrected chi connectivity index (χ4v) is 2.22. The molecule has 0 spiro atoms. The Labute approximate surface area is 130 Å². The number of nitrogen functional groups attached to an aromatic ring is 1. The lowest BCUT2D eigenvalue weighted by atomic mass is 9.95. The minimum Gasteiger partial charge on any atom is -0.495 e. The zero-order chi connectivity index (χ0) is 14.7. The highest BCUT2D eigenvalue weighted by Crippen LogP contribution is 2.26. The van der Waals surface area contributed by atoms with E-state index in [2.05, 4.69) is 5.32 Å². The number of methoxy groups -OCH3 is 1. The second kappa shape index (κ2) is 7.17. The maximum atomic E-state index is 12.1. The van der Waals surface area contributed by atoms with Gasteiger partial charge in [-0.1, -0.05) is 0 Å². The van der Waals surface area contributed by atoms with E-state index in [1.165, 1.54) is 7.11 Å². The van der Waals surface area contributed by atoms with Gasteiger partial charge in [0, 0.05) is 31.6 Å². The van der Waals surface area contributed by atoms with Gasteiger partial charge >= 0.3 is 0 Å². The summed E-state index contributed by atoms with van der Waals surface area (Å²) in [6.45, 7) is 0.613. The normalized spacial score (nSPS) is 17.9. The molecule has 21 heavy (non-hydrogen) atoms. The fourth-order valence-electron chi connectivity index (χ4n) is 2.22. The Morgan fingerprint density at radius 1 is 1.48 bits per heavy atom. The third-order valence-corrected chi connectivity index (χ3v) is 3.53. The summed E-state index contributed by atoms with van der Waals surface area (Å²) in [6.07, 6.45) is 0.938. The highest BCUT2D eigenvalue weighted by molar-refractivity contribution is 5.96. The lowest BCUT2D eigenvalue weighted by Gasteiger charge is -2.27. The lowest BCUT2D eigenvalue weighted by Crippen LogP contribution is -2.39. The van der Waals surface area contributed by atoms with Gasteiger partial charge in [0.15, 0.2) is 0 Å². The predicted octanol–water partition coefficient (Wildman–Crippen LogP) is 1.51. The number of carbonyl (C=O) groups is 2. The number of ether oxygens (including phenoxy) is 1. The van der Waals surface area contributed by atoms with E-state index in [0.29, 0.717) is 30.1 Å². The molecule has 1 aliphatic heterocycles. The van der Waals surface area contributed by atoms with E-state index in [9.17, 15) is 9.59 Å². The molecule has 7 heteroatoms. The molecule has 1 aliphatic rings. The van der Waals surface area contributed by atoms with Crippen molar-refractivity contribution in [2.24, 2.45) is 5.92 Å². The summed E-state index contributed by atoms with van der Waals surface area (Å²) in [7, 11) is 3.29. The van der Waals surface area contributed by atoms with E-state index in [-0.39, 0.29) is 36.6 Å². The summed E-state index contributed by atoms with van der Waals surface area (Å²) in [5, 5.41) is 2.79. The minimum atomic E-state index is -0.276. The molecule has 0 aromatic heterocycles. The van der Waals surface area contributed by atoms with E-state index in [4.69, 9.17) is 10.5 Å². The van der Waals surface area contributed by atoms with Crippen molar-refractivity contribution >= 4 is 35.6 Å². The number of nitrogens with zero attached hydrogens (tertiary/aromatic N) is 1. The van der Waals surface area contributed by atoms with Crippen LogP contribution in [0.25, 0.3) is 0 Å². The first-order valence-electron chi connectivity index (χ1n) is 6.49. The number of rotatable bonds is 3. The van der Waals surface area contributed by atoms with Gasteiger partial charge in [-0.2, -0.15) is 0 Å². The Morgan fingerprint density at radius 2 is 2.19 bits per heavy atom. The van der Waals surface area contributed by atoms with Crippen LogP contribution < -0.4 is 15.8 Å². The molecular formula is C14H20ClN3O3. The quantitative estimate of drug-likeness (QED) is 0.828. The van der Waals surface area contributed by atoms with Gasteiger partial charge in [-0.15, -0.1) is 12.4 Å². The number of nitrogens with one attached hydrogen (secondary N) is 1. The SMILES string of the molecule is COc1ccc(NC(=O)C2CCN(C)C(=O)C2)cc1N.Cl. The number of carbonyl (C=O) groups excluding carboxylic acids is 2. The van der Waals surface area contributed by atoms with Crippen LogP contribution in [0, 0.1) is 5.92 Å². The van der Waals surface area contributed by atoms with Crippen LogP contribution in [0.15, 0.2) is 18.2 Å². The van der Waals surface area contributed by atoms with E-state index in [1.54, 1.807) is 30.1 Å². The average Bonchev–Trinajstić information content (AvgIpc) is 2.42. The average molecular weight is 314 g/mol. The van der Waals surface area contributed by atoms with Crippen molar-refractivity contribution in [1.29, 1.82) is 0 Å². The van der Waals surface area contributed by atoms with Crippen molar-refractivity contribution in [3.63, 3.8) is 0 Å². The molecule has 1 aromatic rings. The Hall–Kier alpha value is -1.95. The molecule has 6 nitrogen and oxygen atoms in total. The van der Waals surface area contributed by atoms with Gasteiger partial charge < -0.3 is 20.7 Å². The zero-order valence-electron chi connectivity index (χ0n) is 12.1. The van der Waals surface area contributed by atoms with E-state index in [0.717, 1.165) is 0 Å². The van der Waals surface area contributed by atoms with Gasteiger partial charge in [0.2, 0.25) is 11.8 Å². The van der Waals surface area contributed by atoms with Gasteiger partial charge in [-0.05, 0) is 24.6 Å². The largest absolute Gasteiger partial charge is 0.495 e. The zero-order valence-corrected chi connectivity index (χ0v) is 12.9. The number of benzene rings is 1. The lowest BCUT2D eigenvalue weighted by molar-refractivity contribution is -0.137. The predicted molar refractivity (Wildman–Crippen MR) is 83.6 cm³/mol. The van der Waals surface area contributed by atoms with Crippen LogP contribution in [0.3, 0.4) is 0 Å². The van der Waals surface area contributed by atoms with Crippen LogP contribution in [0.5, 0.6) is 5.75 Å². The number of piperidine rings is 1. The Morgan fingerprint density at radius 3 is 2.76 bits per heavy atom. The van der Waals surface area contributed by atoms with Gasteiger partial charge in [-0.25, -0.2) is 0 Å². The molecule has 0 aliphatic carbocycles. The minimum absolute atomic E-state index is 0. The van der Waals surface area contributed by atoms with Crippen LogP contribution in [-0.2, 0) is 9.59 Å². The van der Waals surface area contributed by atoms with Crippen LogP contribution in [0.4, 0.5) is 11.4 Å². The van der Waals surface area contributed by atoms with Crippen molar-refractivity contribution in [2.45, 2.75) is 12.8 Å². The molecule has 1 atom stereocenters. The third kappa shape index (κ3) is 4.01. The van der Waals surface area contributed by atoms with Crippen molar-refractivity contribution in [3.05, 3.63) is 18.2 Å². The Balaban J connectivity index is 0.00000220. The molecule has 2 amide bonds. The fraction of sp³-hybridized carbons (Fsp3) is 0.429. The highest BCUT2D eigenvalue weighted by Gasteiger charge is 2.28. The molecule has 2 rings (SSSR count). The van der Waals surface area contributed by atoms with Crippen LogP contribution in [0.1, 0.15) is 12.8 Å². The number of halogens is 1. The topological polar surface area (TPSA) is 84.7 Å². The summed E-state index contributed by atoms with van der Waals surface area (Å²) in [4.78, 5) is 25.4. The summed E-state index contributed by atoms with van der Waals surface area (Å²) in [5.41, 5.74) is 6.86. The molecule has 1 saturated heterocycles. The van der Waals surface area contributed by atoms with E-state index in [1.807, 2.05) is 0 Å². The molecule has 0 saturated carbocycles. The number of nitrogens with two attached hydrogens (primary N) is 1. The van der Waals surface area contributed by atoms with Crippen molar-refractivity contribution in [3.8, 4) is 5.75 Å². The number of anilines is 2. The molecule has 1 fully saturated rings. The molecule has 3 N–H and O–H groups in total. The number of hydrogen-bond acceptors (Lipinski definition) is 4. The molecule has 1 heterocycles. The first-order chi connectivity index (χ1) is 9.51. The van der Waals surface area contributed by atoms with E-state index >= 15 is 0 Å². The molecule has 0 bridgehead atoms. The molecular weight excluding hydrogens is 294 g/mol. The van der Waals surface area contributed by atoms with Gasteiger partial charge in [-0.3, -0.25) is 9.59 Å². The van der Waals surface area contributed by atoms with Crippen molar-refractivity contribution < 1.29 is 14.3 Å². The second-order valence-electron chi connectivity index (χ2n) is 4.95. The standard InChI is InChI=1S/C14H19N3O3.ClH/c1-17-6-5-9(7-13(17)18)14(19)16-10-3-4-12(20-2)11(15)8-10;/h3-4,8-9H,5-7,15H2,1-2H3,(H,16,19);1H. The number of hydrogen-bond donors (Lipinski definition) is 2. The Kier molecular flexibility index (Phi) is 5.84. The first-order valence-corrected chi connectivity index (χ1v) is 6.49. The maximum Gasteiger partial charge on any atom is 0.228 e. The smallest absolute Gasteiger partial charge is 0.228 e. The van der Waals surface area contributed by atoms with E-state index < -0.39 is 0 Å². The Bertz CT molecular complexity index is 536. The van der Waals surface area contributed by atoms with Gasteiger partial charge in [0.05, 0.1) is 12.8 Å². The van der Waals surface area contributed by atoms with Crippen LogP contribution in [0.2, 0.25) is 0 Å². The molecule has 116 valence electrons. The van der Waals surface area contributed by atoms with Crippen LogP contribution in [-0.4, -0.2) is 37.4 Å². The number of likely N-dealkylation sites (tertiary alicyclic amines) is 1. The number of amides is 2. The third-order valence-electron chi connectivity index (χ3n) is 3.53. The molecule has 1 aromatic carbocycles. The molecule has 0 radical (unpaired) electrons. The second-order valence-corrected chi connectivity index (χ2v) is 4.95. The van der Waals surface area contributed by atoms with Crippen molar-refractivity contribution in [2.75, 3.05) is 31.8 Å². The van der Waals surface area contributed by atoms with Crippen LogP contribution >= 0.6 is 12.4 Å².